The second-order valence-corrected chi connectivity index (χ2v) is 7.69. The molecule has 1 aromatic rings. The van der Waals surface area contributed by atoms with Crippen molar-refractivity contribution in [1.29, 1.82) is 0 Å². The van der Waals surface area contributed by atoms with Crippen LogP contribution in [0.3, 0.4) is 0 Å². The average molecular weight is 311 g/mol. The number of hydrogen-bond donors (Lipinski definition) is 1. The van der Waals surface area contributed by atoms with Crippen molar-refractivity contribution >= 4 is 15.9 Å². The Kier molecular flexibility index (Phi) is 4.61. The lowest BCUT2D eigenvalue weighted by Crippen LogP contribution is -2.43. The fourth-order valence-electron chi connectivity index (χ4n) is 3.06. The van der Waals surface area contributed by atoms with E-state index in [9.17, 15) is 13.2 Å². The Hall–Kier alpha value is -1.50. The highest BCUT2D eigenvalue weighted by atomic mass is 32.2. The second kappa shape index (κ2) is 6.09. The third kappa shape index (κ3) is 3.58. The minimum absolute atomic E-state index is 0.226. The number of hydrogen-bond acceptors (Lipinski definition) is 5. The summed E-state index contributed by atoms with van der Waals surface area (Å²) in [5, 5.41) is -0.226. The number of rotatable bonds is 5. The molecule has 1 amide bonds. The minimum Gasteiger partial charge on any atom is -0.273 e. The average Bonchev–Trinajstić information content (AvgIpc) is 2.88. The van der Waals surface area contributed by atoms with Gasteiger partial charge in [0.1, 0.15) is 0 Å². The first-order chi connectivity index (χ1) is 9.86. The van der Waals surface area contributed by atoms with Crippen molar-refractivity contribution in [3.8, 4) is 0 Å². The van der Waals surface area contributed by atoms with E-state index in [0.717, 1.165) is 31.9 Å². The molecule has 0 unspecified atom stereocenters. The molecule has 2 rings (SSSR count). The molecule has 0 saturated heterocycles. The van der Waals surface area contributed by atoms with Gasteiger partial charge in [0.2, 0.25) is 5.91 Å². The third-order valence-corrected chi connectivity index (χ3v) is 5.10. The number of sulfonamides is 1. The van der Waals surface area contributed by atoms with Crippen LogP contribution >= 0.6 is 0 Å². The van der Waals surface area contributed by atoms with E-state index in [4.69, 9.17) is 0 Å². The maximum absolute atomic E-state index is 12.6. The first-order valence-corrected chi connectivity index (χ1v) is 8.67. The number of nitrogens with one attached hydrogen (secondary N) is 1. The van der Waals surface area contributed by atoms with Gasteiger partial charge in [-0.15, -0.1) is 0 Å². The standard InChI is InChI=1S/C14H21N3O3S/c1-11(2)9-14(5-3-4-6-14)13(18)17-21(19,20)12-10-15-7-8-16-12/h7-8,10-11H,3-6,9H2,1-2H3,(H,17,18). The maximum Gasteiger partial charge on any atom is 0.283 e. The van der Waals surface area contributed by atoms with E-state index >= 15 is 0 Å². The van der Waals surface area contributed by atoms with Gasteiger partial charge in [-0.2, -0.15) is 8.42 Å². The molecule has 1 aromatic heterocycles. The number of amides is 1. The van der Waals surface area contributed by atoms with Crippen LogP contribution in [0.1, 0.15) is 46.0 Å². The van der Waals surface area contributed by atoms with Gasteiger partial charge in [0, 0.05) is 12.4 Å². The zero-order chi connectivity index (χ0) is 15.5. The summed E-state index contributed by atoms with van der Waals surface area (Å²) in [5.74, 6) is -0.0626. The highest BCUT2D eigenvalue weighted by Gasteiger charge is 2.43. The van der Waals surface area contributed by atoms with Crippen LogP contribution in [0.15, 0.2) is 23.6 Å². The molecule has 1 saturated carbocycles. The van der Waals surface area contributed by atoms with Crippen molar-refractivity contribution in [1.82, 2.24) is 14.7 Å². The Bertz CT molecular complexity index is 593. The Balaban J connectivity index is 2.20. The molecule has 1 heterocycles. The normalized spacial score (nSPS) is 17.9. The molecule has 0 atom stereocenters. The Morgan fingerprint density at radius 2 is 2.00 bits per heavy atom. The van der Waals surface area contributed by atoms with Crippen LogP contribution in [0, 0.1) is 11.3 Å². The van der Waals surface area contributed by atoms with Gasteiger partial charge in [-0.05, 0) is 25.2 Å². The van der Waals surface area contributed by atoms with Crippen molar-refractivity contribution in [2.75, 3.05) is 0 Å². The van der Waals surface area contributed by atoms with Crippen molar-refractivity contribution in [3.63, 3.8) is 0 Å². The largest absolute Gasteiger partial charge is 0.283 e. The molecule has 1 fully saturated rings. The third-order valence-electron chi connectivity index (χ3n) is 3.88. The number of carbonyl (C=O) groups is 1. The molecule has 0 spiro atoms. The van der Waals surface area contributed by atoms with Crippen molar-refractivity contribution < 1.29 is 13.2 Å². The Morgan fingerprint density at radius 1 is 1.33 bits per heavy atom. The van der Waals surface area contributed by atoms with Gasteiger partial charge in [-0.1, -0.05) is 26.7 Å². The number of carbonyl (C=O) groups excluding carboxylic acids is 1. The molecule has 1 aliphatic rings. The summed E-state index contributed by atoms with van der Waals surface area (Å²) in [4.78, 5) is 20.0. The van der Waals surface area contributed by atoms with Crippen molar-refractivity contribution in [2.45, 2.75) is 51.0 Å². The molecule has 1 N–H and O–H groups in total. The van der Waals surface area contributed by atoms with Gasteiger partial charge >= 0.3 is 0 Å². The van der Waals surface area contributed by atoms with E-state index in [0.29, 0.717) is 12.3 Å². The predicted molar refractivity (Wildman–Crippen MR) is 77.7 cm³/mol. The topological polar surface area (TPSA) is 89.0 Å². The van der Waals surface area contributed by atoms with Gasteiger partial charge in [0.05, 0.1) is 11.6 Å². The number of aromatic nitrogens is 2. The summed E-state index contributed by atoms with van der Waals surface area (Å²) >= 11 is 0. The smallest absolute Gasteiger partial charge is 0.273 e. The molecule has 7 heteroatoms. The molecule has 21 heavy (non-hydrogen) atoms. The summed E-state index contributed by atoms with van der Waals surface area (Å²) in [6.07, 6.45) is 7.93. The molecule has 0 bridgehead atoms. The lowest BCUT2D eigenvalue weighted by atomic mass is 9.78. The highest BCUT2D eigenvalue weighted by molar-refractivity contribution is 7.90. The molecule has 0 radical (unpaired) electrons. The fourth-order valence-corrected chi connectivity index (χ4v) is 4.03. The first kappa shape index (κ1) is 15.9. The molecular weight excluding hydrogens is 290 g/mol. The van der Waals surface area contributed by atoms with Crippen LogP contribution in [-0.2, 0) is 14.8 Å². The Labute approximate surface area is 125 Å². The molecule has 6 nitrogen and oxygen atoms in total. The SMILES string of the molecule is CC(C)CC1(C(=O)NS(=O)(=O)c2cnccn2)CCCC1. The van der Waals surface area contributed by atoms with E-state index in [1.165, 1.54) is 12.4 Å². The Morgan fingerprint density at radius 3 is 2.52 bits per heavy atom. The van der Waals surface area contributed by atoms with Gasteiger partial charge in [0.15, 0.2) is 5.03 Å². The number of nitrogens with zero attached hydrogens (tertiary/aromatic N) is 2. The maximum atomic E-state index is 12.6. The zero-order valence-corrected chi connectivity index (χ0v) is 13.2. The van der Waals surface area contributed by atoms with Crippen molar-refractivity contribution in [2.24, 2.45) is 11.3 Å². The first-order valence-electron chi connectivity index (χ1n) is 7.19. The molecule has 0 aromatic carbocycles. The minimum atomic E-state index is -3.94. The summed E-state index contributed by atoms with van der Waals surface area (Å²) < 4.78 is 26.6. The van der Waals surface area contributed by atoms with Gasteiger partial charge < -0.3 is 0 Å². The van der Waals surface area contributed by atoms with Crippen LogP contribution in [0.5, 0.6) is 0 Å². The molecule has 1 aliphatic carbocycles. The highest BCUT2D eigenvalue weighted by Crippen LogP contribution is 2.43. The van der Waals surface area contributed by atoms with E-state index in [1.54, 1.807) is 0 Å². The van der Waals surface area contributed by atoms with Crippen LogP contribution < -0.4 is 4.72 Å². The van der Waals surface area contributed by atoms with E-state index in [1.807, 2.05) is 13.8 Å². The lowest BCUT2D eigenvalue weighted by Gasteiger charge is -2.29. The second-order valence-electron chi connectivity index (χ2n) is 6.06. The fraction of sp³-hybridized carbons (Fsp3) is 0.643. The summed E-state index contributed by atoms with van der Waals surface area (Å²) in [7, 11) is -3.94. The monoisotopic (exact) mass is 311 g/mol. The van der Waals surface area contributed by atoms with E-state index in [2.05, 4.69) is 14.7 Å². The summed E-state index contributed by atoms with van der Waals surface area (Å²) in [6.45, 7) is 4.09. The van der Waals surface area contributed by atoms with Gasteiger partial charge in [-0.25, -0.2) is 9.71 Å². The predicted octanol–water partition coefficient (Wildman–Crippen LogP) is 1.89. The van der Waals surface area contributed by atoms with E-state index < -0.39 is 21.3 Å². The molecule has 116 valence electrons. The van der Waals surface area contributed by atoms with E-state index in [-0.39, 0.29) is 5.03 Å². The lowest BCUT2D eigenvalue weighted by molar-refractivity contribution is -0.129. The summed E-state index contributed by atoms with van der Waals surface area (Å²) in [6, 6.07) is 0. The van der Waals surface area contributed by atoms with Crippen LogP contribution in [0.25, 0.3) is 0 Å². The zero-order valence-electron chi connectivity index (χ0n) is 12.4. The van der Waals surface area contributed by atoms with Crippen molar-refractivity contribution in [3.05, 3.63) is 18.6 Å². The summed E-state index contributed by atoms with van der Waals surface area (Å²) in [5.41, 5.74) is -0.566. The quantitative estimate of drug-likeness (QED) is 0.897. The van der Waals surface area contributed by atoms with Crippen LogP contribution in [-0.4, -0.2) is 24.3 Å². The van der Waals surface area contributed by atoms with Gasteiger partial charge in [-0.3, -0.25) is 9.78 Å². The molecule has 0 aliphatic heterocycles. The van der Waals surface area contributed by atoms with Crippen LogP contribution in [0.4, 0.5) is 0 Å². The van der Waals surface area contributed by atoms with Crippen LogP contribution in [0.2, 0.25) is 0 Å². The van der Waals surface area contributed by atoms with Gasteiger partial charge in [0.25, 0.3) is 10.0 Å². The molecular formula is C14H21N3O3S.